The fraction of sp³-hybridized carbons (Fsp3) is 0.462. The van der Waals surface area contributed by atoms with Crippen LogP contribution in [0.25, 0.3) is 6.08 Å². The van der Waals surface area contributed by atoms with Gasteiger partial charge in [0.2, 0.25) is 0 Å². The monoisotopic (exact) mass is 294 g/mol. The number of rotatable bonds is 1. The van der Waals surface area contributed by atoms with Crippen molar-refractivity contribution in [3.8, 4) is 0 Å². The summed E-state index contributed by atoms with van der Waals surface area (Å²) in [5.74, 6) is 0.450. The zero-order chi connectivity index (χ0) is 11.8. The van der Waals surface area contributed by atoms with E-state index in [1.807, 2.05) is 12.3 Å². The number of fused-ring (bicyclic) bond motifs is 3. The number of aliphatic hydroxyl groups excluding tert-OH is 1. The highest BCUT2D eigenvalue weighted by Gasteiger charge is 2.36. The largest absolute Gasteiger partial charge is 0.387 e. The molecule has 0 amide bonds. The average Bonchev–Trinajstić information content (AvgIpc) is 2.34. The van der Waals surface area contributed by atoms with Crippen LogP contribution < -0.4 is 0 Å². The maximum Gasteiger partial charge on any atom is 0.0965 e. The van der Waals surface area contributed by atoms with Crippen LogP contribution in [0.5, 0.6) is 0 Å². The van der Waals surface area contributed by atoms with Gasteiger partial charge in [-0.15, -0.1) is 0 Å². The molecular formula is C13H15BrN2O. The molecule has 3 aliphatic heterocycles. The summed E-state index contributed by atoms with van der Waals surface area (Å²) in [5.41, 5.74) is 2.10. The van der Waals surface area contributed by atoms with Gasteiger partial charge >= 0.3 is 0 Å². The molecule has 1 aromatic rings. The van der Waals surface area contributed by atoms with Crippen molar-refractivity contribution in [3.63, 3.8) is 0 Å². The van der Waals surface area contributed by atoms with E-state index in [0.29, 0.717) is 5.92 Å². The van der Waals surface area contributed by atoms with Crippen molar-refractivity contribution in [1.29, 1.82) is 0 Å². The molecule has 4 heterocycles. The number of hydrogen-bond donors (Lipinski definition) is 1. The number of halogens is 1. The highest BCUT2D eigenvalue weighted by atomic mass is 79.9. The Hall–Kier alpha value is -0.870. The van der Waals surface area contributed by atoms with Crippen LogP contribution in [-0.2, 0) is 0 Å². The molecule has 3 saturated heterocycles. The molecule has 1 unspecified atom stereocenters. The molecule has 2 bridgehead atoms. The topological polar surface area (TPSA) is 36.4 Å². The Bertz CT molecular complexity index is 448. The predicted octanol–water partition coefficient (Wildman–Crippen LogP) is 2.27. The molecule has 0 aliphatic carbocycles. The second-order valence-corrected chi connectivity index (χ2v) is 5.69. The maximum absolute atomic E-state index is 10.2. The number of hydrogen-bond acceptors (Lipinski definition) is 3. The lowest BCUT2D eigenvalue weighted by Gasteiger charge is -2.45. The third-order valence-corrected chi connectivity index (χ3v) is 4.13. The number of nitrogens with zero attached hydrogens (tertiary/aromatic N) is 2. The SMILES string of the molecule is OC1C(=Cc2cncc(Br)c2)N2CCC1CC2. The zero-order valence-corrected chi connectivity index (χ0v) is 11.1. The lowest BCUT2D eigenvalue weighted by Crippen LogP contribution is -2.48. The van der Waals surface area contributed by atoms with Crippen LogP contribution in [0.15, 0.2) is 28.6 Å². The number of aliphatic hydroxyl groups is 1. The summed E-state index contributed by atoms with van der Waals surface area (Å²) in [6, 6.07) is 2.02. The quantitative estimate of drug-likeness (QED) is 0.863. The van der Waals surface area contributed by atoms with Gasteiger partial charge in [-0.05, 0) is 52.4 Å². The van der Waals surface area contributed by atoms with Crippen molar-refractivity contribution in [3.05, 3.63) is 34.2 Å². The van der Waals surface area contributed by atoms with Gasteiger partial charge in [0.25, 0.3) is 0 Å². The Morgan fingerprint density at radius 1 is 1.35 bits per heavy atom. The second-order valence-electron chi connectivity index (χ2n) is 4.78. The van der Waals surface area contributed by atoms with E-state index >= 15 is 0 Å². The Kier molecular flexibility index (Phi) is 2.92. The molecule has 1 N–H and O–H groups in total. The predicted molar refractivity (Wildman–Crippen MR) is 70.2 cm³/mol. The molecule has 4 rings (SSSR count). The van der Waals surface area contributed by atoms with E-state index in [2.05, 4.69) is 31.9 Å². The van der Waals surface area contributed by atoms with Crippen LogP contribution in [0.4, 0.5) is 0 Å². The minimum Gasteiger partial charge on any atom is -0.387 e. The van der Waals surface area contributed by atoms with Crippen LogP contribution in [0.3, 0.4) is 0 Å². The first kappa shape index (κ1) is 11.2. The fourth-order valence-electron chi connectivity index (χ4n) is 2.76. The molecule has 1 atom stereocenters. The lowest BCUT2D eigenvalue weighted by atomic mass is 9.83. The summed E-state index contributed by atoms with van der Waals surface area (Å²) in [6.45, 7) is 2.16. The van der Waals surface area contributed by atoms with Gasteiger partial charge in [0.15, 0.2) is 0 Å². The van der Waals surface area contributed by atoms with Gasteiger partial charge < -0.3 is 10.0 Å². The number of piperidine rings is 3. The van der Waals surface area contributed by atoms with Crippen molar-refractivity contribution in [1.82, 2.24) is 9.88 Å². The summed E-state index contributed by atoms with van der Waals surface area (Å²) in [7, 11) is 0. The van der Waals surface area contributed by atoms with Gasteiger partial charge in [-0.1, -0.05) is 0 Å². The lowest BCUT2D eigenvalue weighted by molar-refractivity contribution is 0.0215. The summed E-state index contributed by atoms with van der Waals surface area (Å²) in [5, 5.41) is 10.2. The standard InChI is InChI=1S/C13H15BrN2O/c14-11-5-9(7-15-8-11)6-12-13(17)10-1-3-16(12)4-2-10/h5-8,10,13,17H,1-4H2. The number of pyridine rings is 1. The highest BCUT2D eigenvalue weighted by molar-refractivity contribution is 9.10. The van der Waals surface area contributed by atoms with Crippen molar-refractivity contribution in [2.75, 3.05) is 13.1 Å². The fourth-order valence-corrected chi connectivity index (χ4v) is 3.14. The van der Waals surface area contributed by atoms with Crippen LogP contribution >= 0.6 is 15.9 Å². The highest BCUT2D eigenvalue weighted by Crippen LogP contribution is 2.35. The molecule has 1 aromatic heterocycles. The smallest absolute Gasteiger partial charge is 0.0965 e. The summed E-state index contributed by atoms with van der Waals surface area (Å²) in [6.07, 6.45) is 7.61. The molecule has 3 nitrogen and oxygen atoms in total. The molecular weight excluding hydrogens is 280 g/mol. The molecule has 4 heteroatoms. The van der Waals surface area contributed by atoms with Crippen LogP contribution in [0.2, 0.25) is 0 Å². The van der Waals surface area contributed by atoms with Crippen LogP contribution in [0, 0.1) is 5.92 Å². The van der Waals surface area contributed by atoms with Crippen molar-refractivity contribution < 1.29 is 5.11 Å². The van der Waals surface area contributed by atoms with E-state index < -0.39 is 0 Å². The molecule has 0 spiro atoms. The van der Waals surface area contributed by atoms with E-state index in [0.717, 1.165) is 41.7 Å². The second kappa shape index (κ2) is 4.42. The van der Waals surface area contributed by atoms with E-state index in [9.17, 15) is 5.11 Å². The van der Waals surface area contributed by atoms with Gasteiger partial charge in [-0.2, -0.15) is 0 Å². The first-order valence-electron chi connectivity index (χ1n) is 5.99. The van der Waals surface area contributed by atoms with Crippen molar-refractivity contribution in [2.45, 2.75) is 18.9 Å². The Labute approximate surface area is 109 Å². The molecule has 3 aliphatic rings. The normalized spacial score (nSPS) is 30.0. The van der Waals surface area contributed by atoms with E-state index in [1.54, 1.807) is 6.20 Å². The Morgan fingerprint density at radius 2 is 2.12 bits per heavy atom. The van der Waals surface area contributed by atoms with Gasteiger partial charge in [0.05, 0.1) is 6.10 Å². The molecule has 90 valence electrons. The van der Waals surface area contributed by atoms with Crippen molar-refractivity contribution >= 4 is 22.0 Å². The van der Waals surface area contributed by atoms with Gasteiger partial charge in [-0.25, -0.2) is 0 Å². The summed E-state index contributed by atoms with van der Waals surface area (Å²) in [4.78, 5) is 6.44. The Balaban J connectivity index is 1.93. The summed E-state index contributed by atoms with van der Waals surface area (Å²) < 4.78 is 0.970. The molecule has 0 saturated carbocycles. The molecule has 0 aromatic carbocycles. The van der Waals surface area contributed by atoms with E-state index in [4.69, 9.17) is 0 Å². The first-order valence-corrected chi connectivity index (χ1v) is 6.78. The van der Waals surface area contributed by atoms with Crippen LogP contribution in [-0.4, -0.2) is 34.2 Å². The van der Waals surface area contributed by atoms with Crippen LogP contribution in [0.1, 0.15) is 18.4 Å². The Morgan fingerprint density at radius 3 is 2.76 bits per heavy atom. The molecule has 0 radical (unpaired) electrons. The third-order valence-electron chi connectivity index (χ3n) is 3.69. The van der Waals surface area contributed by atoms with Crippen molar-refractivity contribution in [2.24, 2.45) is 5.92 Å². The van der Waals surface area contributed by atoms with Gasteiger partial charge in [0, 0.05) is 35.7 Å². The van der Waals surface area contributed by atoms with Gasteiger partial charge in [0.1, 0.15) is 0 Å². The first-order chi connectivity index (χ1) is 8.24. The van der Waals surface area contributed by atoms with Gasteiger partial charge in [-0.3, -0.25) is 4.98 Å². The summed E-state index contributed by atoms with van der Waals surface area (Å²) >= 11 is 3.42. The number of aromatic nitrogens is 1. The average molecular weight is 295 g/mol. The third kappa shape index (κ3) is 2.11. The van der Waals surface area contributed by atoms with E-state index in [1.165, 1.54) is 0 Å². The minimum absolute atomic E-state index is 0.295. The maximum atomic E-state index is 10.2. The van der Waals surface area contributed by atoms with E-state index in [-0.39, 0.29) is 6.10 Å². The molecule has 3 fully saturated rings. The minimum atomic E-state index is -0.295. The molecule has 17 heavy (non-hydrogen) atoms. The zero-order valence-electron chi connectivity index (χ0n) is 9.51.